The number of oxazole rings is 1. The number of benzene rings is 3. The Hall–Kier alpha value is -4.78. The van der Waals surface area contributed by atoms with Crippen molar-refractivity contribution in [3.63, 3.8) is 0 Å². The summed E-state index contributed by atoms with van der Waals surface area (Å²) in [4.78, 5) is 13.5. The smallest absolute Gasteiger partial charge is 0.312 e. The lowest BCUT2D eigenvalue weighted by Crippen LogP contribution is -2.00. The summed E-state index contributed by atoms with van der Waals surface area (Å²) in [5, 5.41) is 14.3. The minimum absolute atomic E-state index is 0.198. The van der Waals surface area contributed by atoms with Crippen LogP contribution in [0.5, 0.6) is 5.95 Å². The monoisotopic (exact) mass is 433 g/mol. The maximum absolute atomic E-state index is 10.1. The third-order valence-electron chi connectivity index (χ3n) is 4.87. The molecule has 5 aromatic rings. The Morgan fingerprint density at radius 2 is 1.21 bits per heavy atom. The Labute approximate surface area is 190 Å². The summed E-state index contributed by atoms with van der Waals surface area (Å²) in [5.41, 5.74) is 7.25. The molecule has 0 aliphatic heterocycles. The van der Waals surface area contributed by atoms with Gasteiger partial charge in [0.15, 0.2) is 5.69 Å². The first-order valence-electron chi connectivity index (χ1n) is 10.3. The highest BCUT2D eigenvalue weighted by Gasteiger charge is 2.12. The molecule has 5 rings (SSSR count). The van der Waals surface area contributed by atoms with Gasteiger partial charge in [0, 0.05) is 16.7 Å². The van der Waals surface area contributed by atoms with Crippen LogP contribution in [0.2, 0.25) is 0 Å². The van der Waals surface area contributed by atoms with Crippen molar-refractivity contribution in [3.8, 4) is 39.9 Å². The van der Waals surface area contributed by atoms with Gasteiger partial charge in [-0.2, -0.15) is 5.10 Å². The molecule has 160 valence electrons. The van der Waals surface area contributed by atoms with E-state index in [1.807, 2.05) is 97.1 Å². The zero-order valence-electron chi connectivity index (χ0n) is 17.5. The highest BCUT2D eigenvalue weighted by molar-refractivity contribution is 5.81. The van der Waals surface area contributed by atoms with Crippen molar-refractivity contribution in [2.24, 2.45) is 5.10 Å². The molecule has 0 aliphatic carbocycles. The lowest BCUT2D eigenvalue weighted by molar-refractivity contribution is 0.337. The molecule has 7 nitrogen and oxygen atoms in total. The van der Waals surface area contributed by atoms with Crippen LogP contribution in [0.4, 0.5) is 5.95 Å². The van der Waals surface area contributed by atoms with Gasteiger partial charge in [0.1, 0.15) is 0 Å². The third kappa shape index (κ3) is 4.62. The molecule has 33 heavy (non-hydrogen) atoms. The van der Waals surface area contributed by atoms with Gasteiger partial charge in [-0.15, -0.1) is 0 Å². The molecule has 2 heterocycles. The van der Waals surface area contributed by atoms with Crippen molar-refractivity contribution in [2.45, 2.75) is 0 Å². The number of hydrazone groups is 1. The van der Waals surface area contributed by atoms with Crippen LogP contribution >= 0.6 is 0 Å². The highest BCUT2D eigenvalue weighted by atomic mass is 16.5. The summed E-state index contributed by atoms with van der Waals surface area (Å²) < 4.78 is 5.35. The molecule has 0 bridgehead atoms. The lowest BCUT2D eigenvalue weighted by atomic mass is 10.1. The Morgan fingerprint density at radius 3 is 1.76 bits per heavy atom. The fourth-order valence-electron chi connectivity index (χ4n) is 3.27. The van der Waals surface area contributed by atoms with Crippen molar-refractivity contribution in [2.75, 3.05) is 5.43 Å². The molecule has 2 N–H and O–H groups in total. The molecule has 0 aliphatic rings. The van der Waals surface area contributed by atoms with Gasteiger partial charge in [0.25, 0.3) is 0 Å². The minimum Gasteiger partial charge on any atom is -0.479 e. The summed E-state index contributed by atoms with van der Waals surface area (Å²) in [6, 6.07) is 31.0. The zero-order valence-corrected chi connectivity index (χ0v) is 17.5. The second-order valence-electron chi connectivity index (χ2n) is 7.14. The lowest BCUT2D eigenvalue weighted by Gasteiger charge is -2.08. The Kier molecular flexibility index (Phi) is 5.59. The van der Waals surface area contributed by atoms with Crippen LogP contribution in [-0.4, -0.2) is 26.3 Å². The van der Waals surface area contributed by atoms with E-state index < -0.39 is 0 Å². The highest BCUT2D eigenvalue weighted by Crippen LogP contribution is 2.26. The van der Waals surface area contributed by atoms with Gasteiger partial charge < -0.3 is 9.52 Å². The number of nitrogens with zero attached hydrogens (tertiary/aromatic N) is 4. The maximum atomic E-state index is 10.1. The number of anilines is 1. The minimum atomic E-state index is -0.316. The molecule has 0 saturated carbocycles. The number of aromatic nitrogens is 3. The van der Waals surface area contributed by atoms with E-state index in [1.165, 1.54) is 6.21 Å². The van der Waals surface area contributed by atoms with Crippen molar-refractivity contribution in [3.05, 3.63) is 103 Å². The van der Waals surface area contributed by atoms with Crippen molar-refractivity contribution in [1.82, 2.24) is 15.0 Å². The van der Waals surface area contributed by atoms with E-state index in [0.29, 0.717) is 11.8 Å². The fourth-order valence-corrected chi connectivity index (χ4v) is 3.27. The number of nitrogens with one attached hydrogen (secondary N) is 1. The van der Waals surface area contributed by atoms with E-state index in [1.54, 1.807) is 0 Å². The SMILES string of the molecule is Oc1oc(-c2ccccc2)nc1/C=N\Nc1nc(-c2ccccc2)cc(-c2ccccc2)n1. The quantitative estimate of drug-likeness (QED) is 0.267. The van der Waals surface area contributed by atoms with E-state index >= 15 is 0 Å². The van der Waals surface area contributed by atoms with Crippen LogP contribution in [0.15, 0.2) is 107 Å². The summed E-state index contributed by atoms with van der Waals surface area (Å²) in [7, 11) is 0. The summed E-state index contributed by atoms with van der Waals surface area (Å²) in [6.45, 7) is 0. The van der Waals surface area contributed by atoms with Crippen LogP contribution in [0.25, 0.3) is 34.0 Å². The third-order valence-corrected chi connectivity index (χ3v) is 4.87. The standard InChI is InChI=1S/C26H19N5O2/c32-25-23(28-24(33-25)20-14-8-3-9-15-20)17-27-31-26-29-21(18-10-4-1-5-11-18)16-22(30-26)19-12-6-2-7-13-19/h1-17,32H,(H,29,30,31)/b27-17-. The predicted molar refractivity (Wildman–Crippen MR) is 128 cm³/mol. The molecular weight excluding hydrogens is 414 g/mol. The number of hydrogen-bond donors (Lipinski definition) is 2. The molecule has 0 saturated heterocycles. The second kappa shape index (κ2) is 9.15. The molecule has 0 unspecified atom stereocenters. The van der Waals surface area contributed by atoms with Gasteiger partial charge in [-0.1, -0.05) is 78.9 Å². The number of rotatable bonds is 6. The van der Waals surface area contributed by atoms with E-state index in [9.17, 15) is 5.11 Å². The van der Waals surface area contributed by atoms with E-state index in [2.05, 4.69) is 25.5 Å². The summed E-state index contributed by atoms with van der Waals surface area (Å²) >= 11 is 0. The van der Waals surface area contributed by atoms with Gasteiger partial charge in [0.05, 0.1) is 17.6 Å². The van der Waals surface area contributed by atoms with Gasteiger partial charge in [0.2, 0.25) is 11.8 Å². The van der Waals surface area contributed by atoms with Crippen LogP contribution < -0.4 is 5.43 Å². The summed E-state index contributed by atoms with van der Waals surface area (Å²) in [6.07, 6.45) is 1.37. The van der Waals surface area contributed by atoms with E-state index in [0.717, 1.165) is 28.1 Å². The first kappa shape index (κ1) is 20.1. The van der Waals surface area contributed by atoms with Gasteiger partial charge in [-0.3, -0.25) is 0 Å². The second-order valence-corrected chi connectivity index (χ2v) is 7.14. The normalized spacial score (nSPS) is 11.0. The average Bonchev–Trinajstić information content (AvgIpc) is 3.26. The molecule has 0 fully saturated rings. The number of hydrogen-bond acceptors (Lipinski definition) is 7. The molecule has 0 radical (unpaired) electrons. The molecule has 0 spiro atoms. The van der Waals surface area contributed by atoms with Crippen LogP contribution in [0, 0.1) is 0 Å². The molecule has 0 amide bonds. The molecule has 3 aromatic carbocycles. The number of aromatic hydroxyl groups is 1. The molecule has 2 aromatic heterocycles. The Balaban J connectivity index is 1.44. The van der Waals surface area contributed by atoms with Crippen molar-refractivity contribution in [1.29, 1.82) is 0 Å². The summed E-state index contributed by atoms with van der Waals surface area (Å²) in [5.74, 6) is 0.310. The van der Waals surface area contributed by atoms with Crippen molar-refractivity contribution < 1.29 is 9.52 Å². The molecular formula is C26H19N5O2. The first-order chi connectivity index (χ1) is 16.3. The Bertz CT molecular complexity index is 1330. The predicted octanol–water partition coefficient (Wildman–Crippen LogP) is 5.62. The van der Waals surface area contributed by atoms with E-state index in [4.69, 9.17) is 4.42 Å². The van der Waals surface area contributed by atoms with Crippen molar-refractivity contribution >= 4 is 12.2 Å². The van der Waals surface area contributed by atoms with Crippen LogP contribution in [-0.2, 0) is 0 Å². The van der Waals surface area contributed by atoms with E-state index in [-0.39, 0.29) is 11.6 Å². The van der Waals surface area contributed by atoms with Gasteiger partial charge in [-0.05, 0) is 18.2 Å². The molecule has 7 heteroatoms. The molecule has 0 atom stereocenters. The van der Waals surface area contributed by atoms with Gasteiger partial charge >= 0.3 is 5.95 Å². The average molecular weight is 433 g/mol. The Morgan fingerprint density at radius 1 is 0.697 bits per heavy atom. The van der Waals surface area contributed by atoms with Crippen LogP contribution in [0.1, 0.15) is 5.69 Å². The van der Waals surface area contributed by atoms with Gasteiger partial charge in [-0.25, -0.2) is 20.4 Å². The fraction of sp³-hybridized carbons (Fsp3) is 0. The maximum Gasteiger partial charge on any atom is 0.312 e. The largest absolute Gasteiger partial charge is 0.479 e. The first-order valence-corrected chi connectivity index (χ1v) is 10.3. The topological polar surface area (TPSA) is 96.4 Å². The zero-order chi connectivity index (χ0) is 22.5. The van der Waals surface area contributed by atoms with Crippen LogP contribution in [0.3, 0.4) is 0 Å².